The quantitative estimate of drug-likeness (QED) is 0.337. The van der Waals surface area contributed by atoms with Gasteiger partial charge in [0.1, 0.15) is 0 Å². The smallest absolute Gasteiger partial charge is 0.269 e. The Morgan fingerprint density at radius 2 is 1.75 bits per heavy atom. The molecule has 0 aromatic heterocycles. The molecule has 0 saturated heterocycles. The van der Waals surface area contributed by atoms with Crippen LogP contribution in [0.1, 0.15) is 33.5 Å². The van der Waals surface area contributed by atoms with Gasteiger partial charge in [-0.1, -0.05) is 41.4 Å². The first-order valence-electron chi connectivity index (χ1n) is 9.86. The average Bonchev–Trinajstić information content (AvgIpc) is 2.96. The second-order valence-corrected chi connectivity index (χ2v) is 8.24. The standard InChI is InChI=1S/C24H19ClN2O5/c1-15-2-4-16(5-3-15)14-26-21-11-8-18(25)12-20(21)24(30,23(26)29)13-22(28)17-6-9-19(10-7-17)27(31)32/h2-12,30H,13-14H2,1H3/t24-/m1/s1. The molecule has 1 aliphatic rings. The molecule has 3 aromatic rings. The van der Waals surface area contributed by atoms with Crippen LogP contribution in [0.25, 0.3) is 0 Å². The van der Waals surface area contributed by atoms with Gasteiger partial charge in [-0.3, -0.25) is 19.7 Å². The number of hydrogen-bond donors (Lipinski definition) is 1. The van der Waals surface area contributed by atoms with E-state index in [9.17, 15) is 24.8 Å². The first-order valence-corrected chi connectivity index (χ1v) is 10.2. The number of ketones is 1. The van der Waals surface area contributed by atoms with E-state index in [0.717, 1.165) is 11.1 Å². The number of benzene rings is 3. The summed E-state index contributed by atoms with van der Waals surface area (Å²) in [5.41, 5.74) is 0.617. The van der Waals surface area contributed by atoms with Crippen molar-refractivity contribution >= 4 is 34.7 Å². The fourth-order valence-electron chi connectivity index (χ4n) is 3.83. The molecule has 0 unspecified atom stereocenters. The molecule has 7 nitrogen and oxygen atoms in total. The van der Waals surface area contributed by atoms with E-state index in [1.165, 1.54) is 35.2 Å². The summed E-state index contributed by atoms with van der Waals surface area (Å²) in [6.07, 6.45) is -0.513. The average molecular weight is 451 g/mol. The number of Topliss-reactive ketones (excluding diaryl/α,β-unsaturated/α-hetero) is 1. The molecule has 1 heterocycles. The lowest BCUT2D eigenvalue weighted by molar-refractivity contribution is -0.384. The summed E-state index contributed by atoms with van der Waals surface area (Å²) in [5, 5.41) is 22.6. The highest BCUT2D eigenvalue weighted by Gasteiger charge is 2.51. The van der Waals surface area contributed by atoms with Crippen molar-refractivity contribution in [3.05, 3.63) is 104 Å². The molecule has 3 aromatic carbocycles. The number of aryl methyl sites for hydroxylation is 1. The number of hydrogen-bond acceptors (Lipinski definition) is 5. The first-order chi connectivity index (χ1) is 15.2. The lowest BCUT2D eigenvalue weighted by Crippen LogP contribution is -2.41. The van der Waals surface area contributed by atoms with E-state index in [0.29, 0.717) is 10.7 Å². The van der Waals surface area contributed by atoms with Crippen LogP contribution in [-0.2, 0) is 16.9 Å². The second-order valence-electron chi connectivity index (χ2n) is 7.80. The normalized spacial score (nSPS) is 17.3. The summed E-state index contributed by atoms with van der Waals surface area (Å²) in [7, 11) is 0. The minimum Gasteiger partial charge on any atom is -0.375 e. The van der Waals surface area contributed by atoms with Gasteiger partial charge in [0.15, 0.2) is 11.4 Å². The summed E-state index contributed by atoms with van der Waals surface area (Å²) < 4.78 is 0. The Balaban J connectivity index is 1.67. The summed E-state index contributed by atoms with van der Waals surface area (Å²) in [6.45, 7) is 2.19. The highest BCUT2D eigenvalue weighted by atomic mass is 35.5. The molecule has 0 aliphatic carbocycles. The zero-order valence-electron chi connectivity index (χ0n) is 17.1. The molecule has 0 saturated carbocycles. The van der Waals surface area contributed by atoms with Gasteiger partial charge in [0.05, 0.1) is 23.6 Å². The first kappa shape index (κ1) is 21.7. The molecule has 8 heteroatoms. The van der Waals surface area contributed by atoms with Crippen LogP contribution in [0.4, 0.5) is 11.4 Å². The van der Waals surface area contributed by atoms with Gasteiger partial charge in [-0.25, -0.2) is 0 Å². The van der Waals surface area contributed by atoms with Crippen molar-refractivity contribution in [2.75, 3.05) is 4.90 Å². The predicted molar refractivity (Wildman–Crippen MR) is 120 cm³/mol. The largest absolute Gasteiger partial charge is 0.375 e. The molecule has 0 fully saturated rings. The zero-order chi connectivity index (χ0) is 23.0. The number of nitrogens with zero attached hydrogens (tertiary/aromatic N) is 2. The lowest BCUT2D eigenvalue weighted by atomic mass is 9.88. The predicted octanol–water partition coefficient (Wildman–Crippen LogP) is 4.56. The molecule has 162 valence electrons. The van der Waals surface area contributed by atoms with Crippen LogP contribution in [0.2, 0.25) is 5.02 Å². The number of amides is 1. The molecule has 1 atom stereocenters. The van der Waals surface area contributed by atoms with Gasteiger partial charge in [0.25, 0.3) is 11.6 Å². The number of nitro groups is 1. The maximum atomic E-state index is 13.4. The number of anilines is 1. The van der Waals surface area contributed by atoms with Gasteiger partial charge < -0.3 is 10.0 Å². The van der Waals surface area contributed by atoms with Gasteiger partial charge in [-0.2, -0.15) is 0 Å². The summed E-state index contributed by atoms with van der Waals surface area (Å²) >= 11 is 6.13. The number of rotatable bonds is 6. The number of carbonyl (C=O) groups excluding carboxylic acids is 2. The highest BCUT2D eigenvalue weighted by molar-refractivity contribution is 6.31. The van der Waals surface area contributed by atoms with Crippen molar-refractivity contribution in [1.82, 2.24) is 0 Å². The van der Waals surface area contributed by atoms with Crippen LogP contribution in [0.3, 0.4) is 0 Å². The van der Waals surface area contributed by atoms with Crippen molar-refractivity contribution < 1.29 is 19.6 Å². The number of aliphatic hydroxyl groups is 1. The summed E-state index contributed by atoms with van der Waals surface area (Å²) in [6, 6.07) is 17.5. The third-order valence-electron chi connectivity index (χ3n) is 5.57. The van der Waals surface area contributed by atoms with E-state index in [1.807, 2.05) is 31.2 Å². The fourth-order valence-corrected chi connectivity index (χ4v) is 4.00. The molecule has 0 bridgehead atoms. The van der Waals surface area contributed by atoms with Crippen LogP contribution in [0.15, 0.2) is 66.7 Å². The van der Waals surface area contributed by atoms with E-state index in [2.05, 4.69) is 0 Å². The third kappa shape index (κ3) is 3.88. The second kappa shape index (κ2) is 8.18. The number of carbonyl (C=O) groups is 2. The van der Waals surface area contributed by atoms with Crippen LogP contribution in [0, 0.1) is 17.0 Å². The molecule has 32 heavy (non-hydrogen) atoms. The molecule has 1 aliphatic heterocycles. The minimum absolute atomic E-state index is 0.154. The Kier molecular flexibility index (Phi) is 5.54. The maximum absolute atomic E-state index is 13.4. The van der Waals surface area contributed by atoms with E-state index in [4.69, 9.17) is 11.6 Å². The highest BCUT2D eigenvalue weighted by Crippen LogP contribution is 2.44. The Morgan fingerprint density at radius 3 is 2.38 bits per heavy atom. The minimum atomic E-state index is -2.09. The van der Waals surface area contributed by atoms with Gasteiger partial charge in [-0.05, 0) is 42.8 Å². The number of halogens is 1. The molecule has 1 N–H and O–H groups in total. The Morgan fingerprint density at radius 1 is 1.09 bits per heavy atom. The van der Waals surface area contributed by atoms with Gasteiger partial charge in [-0.15, -0.1) is 0 Å². The van der Waals surface area contributed by atoms with Crippen LogP contribution < -0.4 is 4.90 Å². The van der Waals surface area contributed by atoms with Crippen molar-refractivity contribution in [1.29, 1.82) is 0 Å². The summed E-state index contributed by atoms with van der Waals surface area (Å²) in [4.78, 5) is 38.0. The van der Waals surface area contributed by atoms with Crippen molar-refractivity contribution in [3.63, 3.8) is 0 Å². The Hall–Kier alpha value is -3.55. The van der Waals surface area contributed by atoms with Crippen LogP contribution in [-0.4, -0.2) is 21.7 Å². The van der Waals surface area contributed by atoms with Crippen molar-refractivity contribution in [2.24, 2.45) is 0 Å². The molecule has 0 radical (unpaired) electrons. The Labute approximate surface area is 189 Å². The van der Waals surface area contributed by atoms with E-state index < -0.39 is 28.6 Å². The molecular weight excluding hydrogens is 432 g/mol. The zero-order valence-corrected chi connectivity index (χ0v) is 17.9. The van der Waals surface area contributed by atoms with Crippen LogP contribution in [0.5, 0.6) is 0 Å². The number of fused-ring (bicyclic) bond motifs is 1. The third-order valence-corrected chi connectivity index (χ3v) is 5.81. The lowest BCUT2D eigenvalue weighted by Gasteiger charge is -2.23. The number of nitro benzene ring substituents is 1. The molecule has 0 spiro atoms. The molecule has 1 amide bonds. The monoisotopic (exact) mass is 450 g/mol. The molecular formula is C24H19ClN2O5. The van der Waals surface area contributed by atoms with Crippen molar-refractivity contribution in [2.45, 2.75) is 25.5 Å². The fraction of sp³-hybridized carbons (Fsp3) is 0.167. The van der Waals surface area contributed by atoms with E-state index >= 15 is 0 Å². The summed E-state index contributed by atoms with van der Waals surface area (Å²) in [5.74, 6) is -1.13. The van der Waals surface area contributed by atoms with Crippen molar-refractivity contribution in [3.8, 4) is 0 Å². The van der Waals surface area contributed by atoms with Gasteiger partial charge >= 0.3 is 0 Å². The van der Waals surface area contributed by atoms with Gasteiger partial charge in [0.2, 0.25) is 0 Å². The van der Waals surface area contributed by atoms with E-state index in [-0.39, 0.29) is 23.4 Å². The Bertz CT molecular complexity index is 1220. The molecule has 4 rings (SSSR count). The topological polar surface area (TPSA) is 101 Å². The van der Waals surface area contributed by atoms with Crippen LogP contribution >= 0.6 is 11.6 Å². The SMILES string of the molecule is Cc1ccc(CN2C(=O)[C@@](O)(CC(=O)c3ccc([N+](=O)[O-])cc3)c3cc(Cl)ccc32)cc1. The maximum Gasteiger partial charge on any atom is 0.269 e. The number of non-ortho nitro benzene ring substituents is 1. The van der Waals surface area contributed by atoms with E-state index in [1.54, 1.807) is 12.1 Å². The van der Waals surface area contributed by atoms with Gasteiger partial charge in [0, 0.05) is 28.3 Å².